The van der Waals surface area contributed by atoms with Crippen molar-refractivity contribution in [2.75, 3.05) is 13.2 Å². The Kier molecular flexibility index (Phi) is 2.63. The van der Waals surface area contributed by atoms with E-state index in [4.69, 9.17) is 9.47 Å². The second-order valence-corrected chi connectivity index (χ2v) is 5.09. The lowest BCUT2D eigenvalue weighted by molar-refractivity contribution is 0.172. The van der Waals surface area contributed by atoms with Gasteiger partial charge in [0, 0.05) is 18.7 Å². The number of ether oxygens (including phenoxy) is 2. The van der Waals surface area contributed by atoms with Crippen LogP contribution >= 0.6 is 0 Å². The maximum Gasteiger partial charge on any atom is 0.163 e. The third-order valence-corrected chi connectivity index (χ3v) is 3.59. The van der Waals surface area contributed by atoms with E-state index in [1.807, 2.05) is 29.8 Å². The fraction of sp³-hybridized carbons (Fsp3) is 0.333. The van der Waals surface area contributed by atoms with Crippen LogP contribution < -0.4 is 9.47 Å². The van der Waals surface area contributed by atoms with Gasteiger partial charge in [0.05, 0.1) is 16.7 Å². The average Bonchev–Trinajstić information content (AvgIpc) is 3.07. The van der Waals surface area contributed by atoms with Crippen molar-refractivity contribution in [3.8, 4) is 23.0 Å². The normalized spacial score (nSPS) is 13.8. The van der Waals surface area contributed by atoms with Crippen LogP contribution in [0.25, 0.3) is 22.6 Å². The highest BCUT2D eigenvalue weighted by Gasteiger charge is 2.16. The molecule has 0 aliphatic carbocycles. The van der Waals surface area contributed by atoms with Crippen LogP contribution in [0.4, 0.5) is 0 Å². The molecule has 3 heterocycles. The molecule has 0 spiro atoms. The minimum Gasteiger partial charge on any atom is -0.486 e. The van der Waals surface area contributed by atoms with Crippen LogP contribution in [0.1, 0.15) is 12.6 Å². The molecule has 6 heteroatoms. The Labute approximate surface area is 121 Å². The molecule has 2 aromatic heterocycles. The Morgan fingerprint density at radius 3 is 2.71 bits per heavy atom. The van der Waals surface area contributed by atoms with Crippen molar-refractivity contribution in [1.82, 2.24) is 19.7 Å². The number of rotatable bonds is 2. The van der Waals surface area contributed by atoms with E-state index in [-0.39, 0.29) is 0 Å². The summed E-state index contributed by atoms with van der Waals surface area (Å²) < 4.78 is 13.1. The zero-order valence-corrected chi connectivity index (χ0v) is 12.0. The minimum absolute atomic E-state index is 0.581. The summed E-state index contributed by atoms with van der Waals surface area (Å²) in [5.74, 6) is 2.34. The summed E-state index contributed by atoms with van der Waals surface area (Å²) >= 11 is 0. The fourth-order valence-electron chi connectivity index (χ4n) is 2.65. The van der Waals surface area contributed by atoms with Crippen LogP contribution in [0.5, 0.6) is 11.5 Å². The van der Waals surface area contributed by atoms with Gasteiger partial charge in [0.2, 0.25) is 0 Å². The SMILES string of the molecule is CCn1nc(C)cc1-c1nc2cc3c(cc2[nH]1)OCCO3. The van der Waals surface area contributed by atoms with Gasteiger partial charge in [-0.2, -0.15) is 5.10 Å². The molecule has 6 nitrogen and oxygen atoms in total. The van der Waals surface area contributed by atoms with Gasteiger partial charge in [-0.25, -0.2) is 4.98 Å². The number of aromatic nitrogens is 4. The molecule has 3 aromatic rings. The maximum absolute atomic E-state index is 5.61. The summed E-state index contributed by atoms with van der Waals surface area (Å²) in [6.07, 6.45) is 0. The zero-order valence-electron chi connectivity index (χ0n) is 12.0. The van der Waals surface area contributed by atoms with Crippen LogP contribution in [0.2, 0.25) is 0 Å². The molecule has 21 heavy (non-hydrogen) atoms. The zero-order chi connectivity index (χ0) is 14.4. The van der Waals surface area contributed by atoms with Gasteiger partial charge in [0.25, 0.3) is 0 Å². The van der Waals surface area contributed by atoms with Gasteiger partial charge in [-0.1, -0.05) is 0 Å². The van der Waals surface area contributed by atoms with Crippen molar-refractivity contribution < 1.29 is 9.47 Å². The highest BCUT2D eigenvalue weighted by atomic mass is 16.6. The number of aryl methyl sites for hydroxylation is 2. The third kappa shape index (κ3) is 1.94. The predicted molar refractivity (Wildman–Crippen MR) is 78.7 cm³/mol. The van der Waals surface area contributed by atoms with Gasteiger partial charge in [0.1, 0.15) is 18.9 Å². The molecule has 108 valence electrons. The lowest BCUT2D eigenvalue weighted by Crippen LogP contribution is -2.15. The molecular formula is C15H16N4O2. The molecular weight excluding hydrogens is 268 g/mol. The number of benzene rings is 1. The molecule has 0 fully saturated rings. The van der Waals surface area contributed by atoms with Crippen LogP contribution in [0.15, 0.2) is 18.2 Å². The Morgan fingerprint density at radius 2 is 1.95 bits per heavy atom. The number of aromatic amines is 1. The van der Waals surface area contributed by atoms with Crippen LogP contribution in [0, 0.1) is 6.92 Å². The van der Waals surface area contributed by atoms with Gasteiger partial charge in [-0.05, 0) is 19.9 Å². The lowest BCUT2D eigenvalue weighted by Gasteiger charge is -2.17. The number of nitrogens with one attached hydrogen (secondary N) is 1. The smallest absolute Gasteiger partial charge is 0.163 e. The van der Waals surface area contributed by atoms with Crippen molar-refractivity contribution >= 4 is 11.0 Å². The largest absolute Gasteiger partial charge is 0.486 e. The number of nitrogens with zero attached hydrogens (tertiary/aromatic N) is 3. The lowest BCUT2D eigenvalue weighted by atomic mass is 10.2. The molecule has 0 saturated carbocycles. The number of hydrogen-bond acceptors (Lipinski definition) is 4. The van der Waals surface area contributed by atoms with Gasteiger partial charge < -0.3 is 14.5 Å². The van der Waals surface area contributed by atoms with Crippen molar-refractivity contribution in [3.63, 3.8) is 0 Å². The van der Waals surface area contributed by atoms with Gasteiger partial charge in [0.15, 0.2) is 17.3 Å². The first kappa shape index (κ1) is 12.3. The van der Waals surface area contributed by atoms with E-state index in [9.17, 15) is 0 Å². The van der Waals surface area contributed by atoms with Crippen molar-refractivity contribution in [3.05, 3.63) is 23.9 Å². The highest BCUT2D eigenvalue weighted by molar-refractivity contribution is 5.82. The third-order valence-electron chi connectivity index (χ3n) is 3.59. The first-order valence-electron chi connectivity index (χ1n) is 7.09. The number of imidazole rings is 1. The molecule has 0 amide bonds. The van der Waals surface area contributed by atoms with E-state index < -0.39 is 0 Å². The molecule has 0 saturated heterocycles. The van der Waals surface area contributed by atoms with Crippen LogP contribution in [-0.4, -0.2) is 33.0 Å². The second-order valence-electron chi connectivity index (χ2n) is 5.09. The standard InChI is InChI=1S/C15H16N4O2/c1-3-19-12(6-9(2)18-19)15-16-10-7-13-14(8-11(10)17-15)21-5-4-20-13/h6-8H,3-5H2,1-2H3,(H,16,17). The molecule has 4 rings (SSSR count). The van der Waals surface area contributed by atoms with Gasteiger partial charge in [-0.3, -0.25) is 4.68 Å². The summed E-state index contributed by atoms with van der Waals surface area (Å²) in [6.45, 7) is 6.03. The molecule has 1 aliphatic heterocycles. The van der Waals surface area contributed by atoms with Gasteiger partial charge >= 0.3 is 0 Å². The Balaban J connectivity index is 1.86. The number of hydrogen-bond donors (Lipinski definition) is 1. The number of fused-ring (bicyclic) bond motifs is 2. The van der Waals surface area contributed by atoms with Crippen molar-refractivity contribution in [2.24, 2.45) is 0 Å². The van der Waals surface area contributed by atoms with E-state index in [0.29, 0.717) is 13.2 Å². The summed E-state index contributed by atoms with van der Waals surface area (Å²) in [7, 11) is 0. The van der Waals surface area contributed by atoms with Crippen LogP contribution in [-0.2, 0) is 6.54 Å². The minimum atomic E-state index is 0.581. The van der Waals surface area contributed by atoms with E-state index in [1.54, 1.807) is 0 Å². The van der Waals surface area contributed by atoms with E-state index in [0.717, 1.165) is 46.3 Å². The quantitative estimate of drug-likeness (QED) is 0.785. The van der Waals surface area contributed by atoms with E-state index >= 15 is 0 Å². The number of H-pyrrole nitrogens is 1. The van der Waals surface area contributed by atoms with E-state index in [1.165, 1.54) is 0 Å². The average molecular weight is 284 g/mol. The molecule has 0 bridgehead atoms. The van der Waals surface area contributed by atoms with Gasteiger partial charge in [-0.15, -0.1) is 0 Å². The monoisotopic (exact) mass is 284 g/mol. The molecule has 1 aromatic carbocycles. The van der Waals surface area contributed by atoms with E-state index in [2.05, 4.69) is 22.0 Å². The summed E-state index contributed by atoms with van der Waals surface area (Å²) in [5.41, 5.74) is 3.79. The topological polar surface area (TPSA) is 65.0 Å². The Bertz CT molecular complexity index is 776. The molecule has 0 radical (unpaired) electrons. The van der Waals surface area contributed by atoms with Crippen molar-refractivity contribution in [2.45, 2.75) is 20.4 Å². The van der Waals surface area contributed by atoms with Crippen molar-refractivity contribution in [1.29, 1.82) is 0 Å². The molecule has 0 unspecified atom stereocenters. The summed E-state index contributed by atoms with van der Waals surface area (Å²) in [4.78, 5) is 8.00. The maximum atomic E-state index is 5.61. The Hall–Kier alpha value is -2.50. The highest BCUT2D eigenvalue weighted by Crippen LogP contribution is 2.34. The summed E-state index contributed by atoms with van der Waals surface area (Å²) in [5, 5.41) is 4.46. The molecule has 0 atom stereocenters. The molecule has 1 aliphatic rings. The second kappa shape index (κ2) is 4.51. The van der Waals surface area contributed by atoms with Crippen LogP contribution in [0.3, 0.4) is 0 Å². The fourth-order valence-corrected chi connectivity index (χ4v) is 2.65. The summed E-state index contributed by atoms with van der Waals surface area (Å²) in [6, 6.07) is 5.90. The molecule has 1 N–H and O–H groups in total. The first-order chi connectivity index (χ1) is 10.2. The Morgan fingerprint density at radius 1 is 1.19 bits per heavy atom. The predicted octanol–water partition coefficient (Wildman–Crippen LogP) is 2.53. The first-order valence-corrected chi connectivity index (χ1v) is 7.09.